The lowest BCUT2D eigenvalue weighted by atomic mass is 10.0. The van der Waals surface area contributed by atoms with Crippen molar-refractivity contribution in [2.24, 2.45) is 11.7 Å². The predicted octanol–water partition coefficient (Wildman–Crippen LogP) is 2.28. The number of oxazole rings is 2. The number of thiazole rings is 2. The SMILES string of the molecule is C=C(NC(=O)C(=C)NC(=O)C(=C)NC(=O)c1ccc2c(n1)-c1nc(oc1C)[C@H](C)NC(=O)c1csc(n1)[C@H](C)NC(=O)c1nc(oc1C)CNC(=O)[C@@H](C(C)C)NC(=O)c1csc-2n1)C(N)=O. The molecule has 8 amide bonds. The Labute approximate surface area is 388 Å². The number of aryl methyl sites for hydroxylation is 2. The van der Waals surface area contributed by atoms with Crippen molar-refractivity contribution in [1.82, 2.24) is 62.1 Å². The molecule has 0 unspecified atom stereocenters. The molecule has 0 radical (unpaired) electrons. The van der Waals surface area contributed by atoms with E-state index in [1.807, 2.05) is 0 Å². The Morgan fingerprint density at radius 2 is 1.34 bits per heavy atom. The van der Waals surface area contributed by atoms with Crippen molar-refractivity contribution in [3.8, 4) is 22.0 Å². The number of nitrogens with two attached hydrogens (primary N) is 1. The predicted molar refractivity (Wildman–Crippen MR) is 239 cm³/mol. The third-order valence-corrected chi connectivity index (χ3v) is 11.6. The van der Waals surface area contributed by atoms with Crippen LogP contribution in [0.4, 0.5) is 0 Å². The Morgan fingerprint density at radius 1 is 0.731 bits per heavy atom. The second-order valence-electron chi connectivity index (χ2n) is 15.1. The first-order chi connectivity index (χ1) is 31.6. The van der Waals surface area contributed by atoms with Crippen LogP contribution in [0.5, 0.6) is 0 Å². The highest BCUT2D eigenvalue weighted by atomic mass is 32.1. The molecule has 8 bridgehead atoms. The molecule has 1 aliphatic rings. The minimum absolute atomic E-state index is 0.0132. The molecule has 348 valence electrons. The Morgan fingerprint density at radius 3 is 2.03 bits per heavy atom. The highest BCUT2D eigenvalue weighted by molar-refractivity contribution is 7.13. The summed E-state index contributed by atoms with van der Waals surface area (Å²) in [7, 11) is 0. The number of pyridine rings is 1. The van der Waals surface area contributed by atoms with Crippen LogP contribution in [0.15, 0.2) is 68.6 Å². The number of carbonyl (C=O) groups is 8. The molecule has 5 aromatic heterocycles. The molecule has 67 heavy (non-hydrogen) atoms. The molecule has 0 saturated carbocycles. The fourth-order valence-corrected chi connectivity index (χ4v) is 7.71. The van der Waals surface area contributed by atoms with Crippen molar-refractivity contribution in [3.05, 3.63) is 111 Å². The maximum Gasteiger partial charge on any atom is 0.274 e. The summed E-state index contributed by atoms with van der Waals surface area (Å²) in [5.74, 6) is -6.31. The number of nitrogens with one attached hydrogen (secondary N) is 7. The normalized spacial score (nSPS) is 16.6. The molecule has 25 heteroatoms. The highest BCUT2D eigenvalue weighted by Gasteiger charge is 2.30. The third kappa shape index (κ3) is 11.0. The van der Waals surface area contributed by atoms with E-state index in [9.17, 15) is 38.4 Å². The van der Waals surface area contributed by atoms with Gasteiger partial charge in [0.15, 0.2) is 5.69 Å². The van der Waals surface area contributed by atoms with E-state index in [4.69, 9.17) is 14.6 Å². The number of amides is 8. The minimum Gasteiger partial charge on any atom is -0.443 e. The summed E-state index contributed by atoms with van der Waals surface area (Å²) >= 11 is 2.18. The number of carbonyl (C=O) groups excluding carboxylic acids is 8. The third-order valence-electron chi connectivity index (χ3n) is 9.67. The van der Waals surface area contributed by atoms with Gasteiger partial charge >= 0.3 is 0 Å². The summed E-state index contributed by atoms with van der Waals surface area (Å²) in [6, 6.07) is 0.248. The van der Waals surface area contributed by atoms with Gasteiger partial charge in [-0.3, -0.25) is 38.4 Å². The standard InChI is InChI=1S/C42H43N13O10S2/c1-15(2)28-38(62)44-12-27-53-30(22(9)64-27)39(63)49-20(7)41-51-25(13-66-41)36(60)48-19(6)40-55-29(21(8)65-40)31-23(42-52-26(14-67-42)37(61)54-28)10-11-24(50-31)35(59)47-18(5)34(58)46-17(4)33(57)45-16(3)32(43)56/h10-11,13-15,19-20,28H,3-5,12H2,1-2,6-9H3,(H2,43,56)(H,44,62)(H,45,57)(H,46,58)(H,47,59)(H,48,60)(H,49,63)(H,54,61)/t19-,20-,28+/m0/s1. The topological polar surface area (TPSA) is 338 Å². The first-order valence-corrected chi connectivity index (χ1v) is 21.7. The molecule has 0 aliphatic carbocycles. The fraction of sp³-hybridized carbons (Fsp3) is 0.262. The molecular weight excluding hydrogens is 911 g/mol. The molecule has 5 aromatic rings. The highest BCUT2D eigenvalue weighted by Crippen LogP contribution is 2.35. The average molecular weight is 954 g/mol. The number of hydrogen-bond donors (Lipinski definition) is 8. The van der Waals surface area contributed by atoms with E-state index in [1.165, 1.54) is 22.9 Å². The fourth-order valence-electron chi connectivity index (χ4n) is 6.07. The largest absolute Gasteiger partial charge is 0.443 e. The molecule has 0 saturated heterocycles. The maximum atomic E-state index is 13.7. The van der Waals surface area contributed by atoms with E-state index in [2.05, 4.69) is 81.9 Å². The zero-order chi connectivity index (χ0) is 49.0. The molecule has 1 aliphatic heterocycles. The first kappa shape index (κ1) is 48.3. The second-order valence-corrected chi connectivity index (χ2v) is 16.9. The molecule has 6 heterocycles. The summed E-state index contributed by atoms with van der Waals surface area (Å²) in [6.45, 7) is 20.0. The summed E-state index contributed by atoms with van der Waals surface area (Å²) in [5.41, 5.74) is 3.74. The molecule has 23 nitrogen and oxygen atoms in total. The first-order valence-electron chi connectivity index (χ1n) is 20.0. The van der Waals surface area contributed by atoms with Crippen molar-refractivity contribution < 1.29 is 47.2 Å². The number of fused-ring (bicyclic) bond motifs is 11. The minimum atomic E-state index is -1.04. The zero-order valence-corrected chi connectivity index (χ0v) is 38.3. The van der Waals surface area contributed by atoms with Crippen molar-refractivity contribution in [3.63, 3.8) is 0 Å². The quantitative estimate of drug-likeness (QED) is 0.103. The smallest absolute Gasteiger partial charge is 0.274 e. The van der Waals surface area contributed by atoms with Gasteiger partial charge in [0.2, 0.25) is 17.7 Å². The van der Waals surface area contributed by atoms with Gasteiger partial charge in [0.05, 0.1) is 29.7 Å². The van der Waals surface area contributed by atoms with Crippen molar-refractivity contribution in [2.75, 3.05) is 0 Å². The van der Waals surface area contributed by atoms with Gasteiger partial charge in [-0.15, -0.1) is 22.7 Å². The van der Waals surface area contributed by atoms with Crippen LogP contribution in [0.3, 0.4) is 0 Å². The van der Waals surface area contributed by atoms with Crippen molar-refractivity contribution >= 4 is 69.9 Å². The molecule has 0 fully saturated rings. The Balaban J connectivity index is 1.34. The average Bonchev–Trinajstić information content (AvgIpc) is 4.11. The lowest BCUT2D eigenvalue weighted by molar-refractivity contribution is -0.124. The lowest BCUT2D eigenvalue weighted by Gasteiger charge is -2.20. The van der Waals surface area contributed by atoms with E-state index in [1.54, 1.807) is 41.5 Å². The van der Waals surface area contributed by atoms with Crippen LogP contribution >= 0.6 is 22.7 Å². The number of primary amides is 1. The molecule has 9 N–H and O–H groups in total. The van der Waals surface area contributed by atoms with Gasteiger partial charge in [-0.1, -0.05) is 33.6 Å². The van der Waals surface area contributed by atoms with Gasteiger partial charge in [-0.25, -0.2) is 24.9 Å². The molecule has 0 spiro atoms. The van der Waals surface area contributed by atoms with Gasteiger partial charge in [0.1, 0.15) is 62.1 Å². The van der Waals surface area contributed by atoms with E-state index < -0.39 is 88.4 Å². The Hall–Kier alpha value is -8.19. The van der Waals surface area contributed by atoms with Crippen LogP contribution < -0.4 is 43.0 Å². The van der Waals surface area contributed by atoms with Gasteiger partial charge in [-0.2, -0.15) is 0 Å². The number of aromatic nitrogens is 5. The van der Waals surface area contributed by atoms with E-state index in [-0.39, 0.29) is 74.6 Å². The van der Waals surface area contributed by atoms with Gasteiger partial charge < -0.3 is 51.8 Å². The summed E-state index contributed by atoms with van der Waals surface area (Å²) in [4.78, 5) is 126. The summed E-state index contributed by atoms with van der Waals surface area (Å²) in [6.07, 6.45) is 0. The van der Waals surface area contributed by atoms with Crippen LogP contribution in [0, 0.1) is 19.8 Å². The molecule has 3 atom stereocenters. The number of hydrogen-bond acceptors (Lipinski definition) is 17. The zero-order valence-electron chi connectivity index (χ0n) is 36.7. The molecule has 6 rings (SSSR count). The van der Waals surface area contributed by atoms with Gasteiger partial charge in [0.25, 0.3) is 41.4 Å². The van der Waals surface area contributed by atoms with E-state index in [0.29, 0.717) is 5.01 Å². The van der Waals surface area contributed by atoms with E-state index >= 15 is 0 Å². The van der Waals surface area contributed by atoms with Crippen LogP contribution in [0.1, 0.15) is 110 Å². The van der Waals surface area contributed by atoms with Crippen LogP contribution in [0.25, 0.3) is 22.0 Å². The van der Waals surface area contributed by atoms with Crippen molar-refractivity contribution in [2.45, 2.75) is 66.2 Å². The maximum absolute atomic E-state index is 13.7. The van der Waals surface area contributed by atoms with Crippen LogP contribution in [-0.4, -0.2) is 78.2 Å². The summed E-state index contributed by atoms with van der Waals surface area (Å²) in [5, 5.41) is 21.2. The van der Waals surface area contributed by atoms with Crippen LogP contribution in [0.2, 0.25) is 0 Å². The molecular formula is C42H43N13O10S2. The monoisotopic (exact) mass is 953 g/mol. The van der Waals surface area contributed by atoms with Gasteiger partial charge in [-0.05, 0) is 45.7 Å². The Kier molecular flexibility index (Phi) is 14.3. The van der Waals surface area contributed by atoms with Crippen molar-refractivity contribution in [1.29, 1.82) is 0 Å². The van der Waals surface area contributed by atoms with Gasteiger partial charge in [0, 0.05) is 16.3 Å². The van der Waals surface area contributed by atoms with E-state index in [0.717, 1.165) is 22.7 Å². The lowest BCUT2D eigenvalue weighted by Crippen LogP contribution is -2.49. The second kappa shape index (κ2) is 19.9. The molecule has 0 aromatic carbocycles. The number of rotatable bonds is 8. The Bertz CT molecular complexity index is 2910. The summed E-state index contributed by atoms with van der Waals surface area (Å²) < 4.78 is 11.7. The number of nitrogens with zero attached hydrogens (tertiary/aromatic N) is 5. The van der Waals surface area contributed by atoms with Crippen LogP contribution in [-0.2, 0) is 25.7 Å².